The third-order valence-electron chi connectivity index (χ3n) is 5.29. The summed E-state index contributed by atoms with van der Waals surface area (Å²) in [5.74, 6) is 0.0986. The second-order valence-electron chi connectivity index (χ2n) is 7.47. The lowest BCUT2D eigenvalue weighted by molar-refractivity contribution is -0.137. The number of fused-ring (bicyclic) bond motifs is 1. The second kappa shape index (κ2) is 10.6. The monoisotopic (exact) mass is 479 g/mol. The fraction of sp³-hybridized carbons (Fsp3) is 0.250. The van der Waals surface area contributed by atoms with Crippen LogP contribution < -0.4 is 10.1 Å². The van der Waals surface area contributed by atoms with Gasteiger partial charge in [0.2, 0.25) is 0 Å². The molecule has 174 valence electrons. The minimum atomic E-state index is -4.39. The highest BCUT2D eigenvalue weighted by molar-refractivity contribution is 6.36. The fourth-order valence-corrected chi connectivity index (χ4v) is 3.66. The van der Waals surface area contributed by atoms with Crippen molar-refractivity contribution in [2.24, 2.45) is 0 Å². The molecule has 1 amide bonds. The maximum Gasteiger partial charge on any atom is 0.416 e. The first-order valence-corrected chi connectivity index (χ1v) is 10.5. The van der Waals surface area contributed by atoms with E-state index in [1.54, 1.807) is 6.07 Å². The van der Waals surface area contributed by atoms with Crippen molar-refractivity contribution < 1.29 is 32.6 Å². The van der Waals surface area contributed by atoms with Crippen molar-refractivity contribution in [1.29, 1.82) is 0 Å². The second-order valence-corrected chi connectivity index (χ2v) is 7.88. The Bertz CT molecular complexity index is 1130. The molecule has 1 fully saturated rings. The van der Waals surface area contributed by atoms with Gasteiger partial charge in [0.1, 0.15) is 12.4 Å². The zero-order chi connectivity index (χ0) is 24.0. The molecule has 0 atom stereocenters. The van der Waals surface area contributed by atoms with Crippen molar-refractivity contribution in [3.63, 3.8) is 0 Å². The SMILES string of the molecule is O=C(NC1CCC1)c1cc(Cl)c2ccccc2c1OCc1ccc(C(F)(F)F)cc1.O=CO. The Morgan fingerprint density at radius 3 is 2.27 bits per heavy atom. The number of ether oxygens (including phenoxy) is 1. The number of carbonyl (C=O) groups excluding carboxylic acids is 1. The summed E-state index contributed by atoms with van der Waals surface area (Å²) in [6.45, 7) is -0.229. The molecule has 0 saturated heterocycles. The molecule has 1 aliphatic carbocycles. The fourth-order valence-electron chi connectivity index (χ4n) is 3.39. The number of hydrogen-bond donors (Lipinski definition) is 2. The highest BCUT2D eigenvalue weighted by Gasteiger charge is 2.30. The highest BCUT2D eigenvalue weighted by atomic mass is 35.5. The summed E-state index contributed by atoms with van der Waals surface area (Å²) in [5.41, 5.74) is 0.161. The van der Waals surface area contributed by atoms with Crippen LogP contribution in [0.1, 0.15) is 40.7 Å². The van der Waals surface area contributed by atoms with Gasteiger partial charge in [0.15, 0.2) is 0 Å². The van der Waals surface area contributed by atoms with Gasteiger partial charge in [-0.3, -0.25) is 9.59 Å². The normalized spacial score (nSPS) is 13.5. The molecule has 2 N–H and O–H groups in total. The van der Waals surface area contributed by atoms with E-state index in [0.29, 0.717) is 27.3 Å². The molecule has 0 bridgehead atoms. The number of alkyl halides is 3. The molecule has 1 aliphatic rings. The van der Waals surface area contributed by atoms with Crippen LogP contribution in [0.15, 0.2) is 54.6 Å². The van der Waals surface area contributed by atoms with E-state index in [1.165, 1.54) is 12.1 Å². The predicted molar refractivity (Wildman–Crippen MR) is 119 cm³/mol. The van der Waals surface area contributed by atoms with Crippen LogP contribution in [0.3, 0.4) is 0 Å². The molecule has 0 aromatic heterocycles. The maximum absolute atomic E-state index is 12.9. The Labute approximate surface area is 193 Å². The molecule has 33 heavy (non-hydrogen) atoms. The minimum absolute atomic E-state index is 0.0213. The van der Waals surface area contributed by atoms with Gasteiger partial charge in [-0.15, -0.1) is 0 Å². The van der Waals surface area contributed by atoms with Crippen LogP contribution in [-0.4, -0.2) is 23.5 Å². The summed E-state index contributed by atoms with van der Waals surface area (Å²) < 4.78 is 44.3. The van der Waals surface area contributed by atoms with Gasteiger partial charge >= 0.3 is 6.18 Å². The molecule has 0 radical (unpaired) electrons. The van der Waals surface area contributed by atoms with Crippen molar-refractivity contribution in [3.8, 4) is 5.75 Å². The number of rotatable bonds is 5. The summed E-state index contributed by atoms with van der Waals surface area (Å²) >= 11 is 6.40. The third-order valence-corrected chi connectivity index (χ3v) is 5.61. The molecule has 1 saturated carbocycles. The molecule has 3 aromatic rings. The first-order valence-electron chi connectivity index (χ1n) is 10.1. The molecule has 9 heteroatoms. The van der Waals surface area contributed by atoms with E-state index in [0.717, 1.165) is 36.8 Å². The van der Waals surface area contributed by atoms with Gasteiger partial charge in [-0.05, 0) is 43.0 Å². The molecule has 0 aliphatic heterocycles. The predicted octanol–water partition coefficient (Wildman–Crippen LogP) is 6.07. The van der Waals surface area contributed by atoms with E-state index in [4.69, 9.17) is 26.2 Å². The Kier molecular flexibility index (Phi) is 7.81. The maximum atomic E-state index is 12.9. The minimum Gasteiger partial charge on any atom is -0.487 e. The zero-order valence-corrected chi connectivity index (χ0v) is 18.1. The lowest BCUT2D eigenvalue weighted by Gasteiger charge is -2.27. The number of carbonyl (C=O) groups is 2. The summed E-state index contributed by atoms with van der Waals surface area (Å²) in [7, 11) is 0. The average molecular weight is 480 g/mol. The van der Waals surface area contributed by atoms with E-state index >= 15 is 0 Å². The van der Waals surface area contributed by atoms with Gasteiger partial charge in [0.05, 0.1) is 11.1 Å². The smallest absolute Gasteiger partial charge is 0.416 e. The molecule has 0 heterocycles. The molecule has 0 spiro atoms. The van der Waals surface area contributed by atoms with Crippen molar-refractivity contribution in [2.75, 3.05) is 0 Å². The molecule has 0 unspecified atom stereocenters. The largest absolute Gasteiger partial charge is 0.487 e. The molecular weight excluding hydrogens is 459 g/mol. The van der Waals surface area contributed by atoms with E-state index in [9.17, 15) is 18.0 Å². The number of halogens is 4. The number of nitrogens with one attached hydrogen (secondary N) is 1. The van der Waals surface area contributed by atoms with E-state index in [2.05, 4.69) is 5.32 Å². The Morgan fingerprint density at radius 2 is 1.73 bits per heavy atom. The summed E-state index contributed by atoms with van der Waals surface area (Å²) in [6, 6.07) is 13.8. The van der Waals surface area contributed by atoms with Gasteiger partial charge in [0, 0.05) is 21.8 Å². The van der Waals surface area contributed by atoms with Crippen molar-refractivity contribution in [1.82, 2.24) is 5.32 Å². The van der Waals surface area contributed by atoms with Gasteiger partial charge in [-0.2, -0.15) is 13.2 Å². The van der Waals surface area contributed by atoms with Crippen molar-refractivity contribution >= 4 is 34.8 Å². The van der Waals surface area contributed by atoms with Crippen LogP contribution in [0.25, 0.3) is 10.8 Å². The topological polar surface area (TPSA) is 75.6 Å². The van der Waals surface area contributed by atoms with Gasteiger partial charge < -0.3 is 15.2 Å². The van der Waals surface area contributed by atoms with Crippen LogP contribution >= 0.6 is 11.6 Å². The number of carboxylic acid groups (broad SMARTS) is 1. The summed E-state index contributed by atoms with van der Waals surface area (Å²) in [6.07, 6.45) is -1.43. The highest BCUT2D eigenvalue weighted by Crippen LogP contribution is 2.36. The van der Waals surface area contributed by atoms with Crippen molar-refractivity contribution in [3.05, 3.63) is 76.3 Å². The van der Waals surface area contributed by atoms with Crippen LogP contribution in [-0.2, 0) is 17.6 Å². The molecule has 3 aromatic carbocycles. The lowest BCUT2D eigenvalue weighted by atomic mass is 9.92. The molecular formula is C24H21ClF3NO4. The van der Waals surface area contributed by atoms with Crippen LogP contribution in [0.5, 0.6) is 5.75 Å². The molecule has 4 rings (SSSR count). The Morgan fingerprint density at radius 1 is 1.12 bits per heavy atom. The van der Waals surface area contributed by atoms with Gasteiger partial charge in [-0.1, -0.05) is 48.0 Å². The van der Waals surface area contributed by atoms with Crippen LogP contribution in [0.4, 0.5) is 13.2 Å². The summed E-state index contributed by atoms with van der Waals surface area (Å²) in [5, 5.41) is 11.7. The average Bonchev–Trinajstić information content (AvgIpc) is 2.75. The molecule has 5 nitrogen and oxygen atoms in total. The first kappa shape index (κ1) is 24.4. The lowest BCUT2D eigenvalue weighted by Crippen LogP contribution is -2.39. The quantitative estimate of drug-likeness (QED) is 0.435. The summed E-state index contributed by atoms with van der Waals surface area (Å²) in [4.78, 5) is 21.2. The van der Waals surface area contributed by atoms with Gasteiger partial charge in [-0.25, -0.2) is 0 Å². The first-order chi connectivity index (χ1) is 15.7. The number of amides is 1. The van der Waals surface area contributed by atoms with E-state index in [-0.39, 0.29) is 25.0 Å². The van der Waals surface area contributed by atoms with Crippen LogP contribution in [0.2, 0.25) is 5.02 Å². The van der Waals surface area contributed by atoms with E-state index in [1.807, 2.05) is 24.3 Å². The standard InChI is InChI=1S/C23H19ClF3NO2.CH2O2/c24-20-12-19(22(29)28-16-4-3-5-16)21(18-7-2-1-6-17(18)20)30-13-14-8-10-15(11-9-14)23(25,26)27;2-1-3/h1-2,6-12,16H,3-5,13H2,(H,28,29);1H,(H,2,3). The Hall–Kier alpha value is -3.26. The Balaban J connectivity index is 0.000000968. The van der Waals surface area contributed by atoms with Crippen LogP contribution in [0, 0.1) is 0 Å². The van der Waals surface area contributed by atoms with Crippen molar-refractivity contribution in [2.45, 2.75) is 38.1 Å². The number of hydrogen-bond acceptors (Lipinski definition) is 3. The zero-order valence-electron chi connectivity index (χ0n) is 17.4. The van der Waals surface area contributed by atoms with Gasteiger partial charge in [0.25, 0.3) is 12.4 Å². The number of benzene rings is 3. The van der Waals surface area contributed by atoms with E-state index < -0.39 is 11.7 Å². The third kappa shape index (κ3) is 5.96.